The molecule has 1 aromatic carbocycles. The molecule has 0 saturated carbocycles. The predicted molar refractivity (Wildman–Crippen MR) is 92.3 cm³/mol. The lowest BCUT2D eigenvalue weighted by molar-refractivity contribution is -0.117. The van der Waals surface area contributed by atoms with Crippen LogP contribution in [-0.2, 0) is 4.79 Å². The lowest BCUT2D eigenvalue weighted by Crippen LogP contribution is -2.41. The topological polar surface area (TPSA) is 44.4 Å². The normalized spacial score (nSPS) is 16.7. The average Bonchev–Trinajstić information content (AvgIpc) is 2.50. The summed E-state index contributed by atoms with van der Waals surface area (Å²) in [6, 6.07) is 6.16. The van der Waals surface area contributed by atoms with Crippen molar-refractivity contribution in [1.29, 1.82) is 0 Å². The van der Waals surface area contributed by atoms with Crippen LogP contribution in [0.3, 0.4) is 0 Å². The van der Waals surface area contributed by atoms with Gasteiger partial charge < -0.3 is 10.6 Å². The van der Waals surface area contributed by atoms with E-state index in [0.29, 0.717) is 6.54 Å². The number of anilines is 1. The summed E-state index contributed by atoms with van der Waals surface area (Å²) in [7, 11) is 0. The molecule has 1 aromatic rings. The van der Waals surface area contributed by atoms with Gasteiger partial charge in [-0.3, -0.25) is 9.69 Å². The highest BCUT2D eigenvalue weighted by atomic mass is 16.2. The fourth-order valence-electron chi connectivity index (χ4n) is 2.96. The summed E-state index contributed by atoms with van der Waals surface area (Å²) in [6.45, 7) is 10.9. The molecule has 1 heterocycles. The number of hydrogen-bond donors (Lipinski definition) is 2. The van der Waals surface area contributed by atoms with Gasteiger partial charge in [0.05, 0.1) is 6.54 Å². The monoisotopic (exact) mass is 303 g/mol. The van der Waals surface area contributed by atoms with Gasteiger partial charge in [-0.25, -0.2) is 0 Å². The number of nitrogens with zero attached hydrogens (tertiary/aromatic N) is 1. The highest BCUT2D eigenvalue weighted by Crippen LogP contribution is 2.18. The zero-order valence-electron chi connectivity index (χ0n) is 14.1. The lowest BCUT2D eigenvalue weighted by atomic mass is 9.97. The number of nitrogens with one attached hydrogen (secondary N) is 2. The molecular formula is C18H29N3O. The maximum absolute atomic E-state index is 12.2. The SMILES string of the molecule is CCNCC1CCN(CC(=O)Nc2cc(C)ccc2C)CC1. The Balaban J connectivity index is 1.77. The van der Waals surface area contributed by atoms with Gasteiger partial charge in [0.15, 0.2) is 0 Å². The summed E-state index contributed by atoms with van der Waals surface area (Å²) in [5, 5.41) is 6.47. The van der Waals surface area contributed by atoms with Gasteiger partial charge in [-0.15, -0.1) is 0 Å². The number of hydrogen-bond acceptors (Lipinski definition) is 3. The van der Waals surface area contributed by atoms with Crippen LogP contribution in [0.5, 0.6) is 0 Å². The third-order valence-electron chi connectivity index (χ3n) is 4.42. The minimum absolute atomic E-state index is 0.0961. The molecule has 0 radical (unpaired) electrons. The number of aryl methyl sites for hydroxylation is 2. The van der Waals surface area contributed by atoms with Gasteiger partial charge in [0.25, 0.3) is 0 Å². The molecule has 1 fully saturated rings. The Kier molecular flexibility index (Phi) is 6.40. The molecule has 4 nitrogen and oxygen atoms in total. The van der Waals surface area contributed by atoms with E-state index < -0.39 is 0 Å². The Hall–Kier alpha value is -1.39. The van der Waals surface area contributed by atoms with E-state index in [1.54, 1.807) is 0 Å². The number of amides is 1. The Morgan fingerprint density at radius 1 is 1.27 bits per heavy atom. The van der Waals surface area contributed by atoms with E-state index in [2.05, 4.69) is 34.6 Å². The largest absolute Gasteiger partial charge is 0.325 e. The van der Waals surface area contributed by atoms with Gasteiger partial charge >= 0.3 is 0 Å². The smallest absolute Gasteiger partial charge is 0.238 e. The number of carbonyl (C=O) groups is 1. The third-order valence-corrected chi connectivity index (χ3v) is 4.42. The first-order chi connectivity index (χ1) is 10.6. The number of carbonyl (C=O) groups excluding carboxylic acids is 1. The van der Waals surface area contributed by atoms with E-state index in [4.69, 9.17) is 0 Å². The molecule has 4 heteroatoms. The quantitative estimate of drug-likeness (QED) is 0.849. The maximum atomic E-state index is 12.2. The number of rotatable bonds is 6. The molecule has 122 valence electrons. The van der Waals surface area contributed by atoms with Gasteiger partial charge in [0, 0.05) is 5.69 Å². The molecule has 1 aliphatic heterocycles. The standard InChI is InChI=1S/C18H29N3O/c1-4-19-12-16-7-9-21(10-8-16)13-18(22)20-17-11-14(2)5-6-15(17)3/h5-6,11,16,19H,4,7-10,12-13H2,1-3H3,(H,20,22). The van der Waals surface area contributed by atoms with Crippen molar-refractivity contribution in [3.05, 3.63) is 29.3 Å². The number of benzene rings is 1. The molecule has 1 saturated heterocycles. The summed E-state index contributed by atoms with van der Waals surface area (Å²) in [6.07, 6.45) is 2.37. The molecule has 1 aliphatic rings. The molecule has 1 amide bonds. The van der Waals surface area contributed by atoms with Gasteiger partial charge in [0.1, 0.15) is 0 Å². The summed E-state index contributed by atoms with van der Waals surface area (Å²) in [4.78, 5) is 14.5. The summed E-state index contributed by atoms with van der Waals surface area (Å²) < 4.78 is 0. The predicted octanol–water partition coefficient (Wildman–Crippen LogP) is 2.56. The van der Waals surface area contributed by atoms with Crippen LogP contribution >= 0.6 is 0 Å². The van der Waals surface area contributed by atoms with E-state index >= 15 is 0 Å². The molecule has 0 aromatic heterocycles. The van der Waals surface area contributed by atoms with Crippen molar-refractivity contribution in [2.45, 2.75) is 33.6 Å². The van der Waals surface area contributed by atoms with Crippen molar-refractivity contribution in [2.24, 2.45) is 5.92 Å². The second-order valence-electron chi connectivity index (χ2n) is 6.39. The van der Waals surface area contributed by atoms with Crippen molar-refractivity contribution in [2.75, 3.05) is 38.0 Å². The molecule has 2 N–H and O–H groups in total. The molecule has 2 rings (SSSR count). The van der Waals surface area contributed by atoms with Crippen molar-refractivity contribution < 1.29 is 4.79 Å². The van der Waals surface area contributed by atoms with Gasteiger partial charge in [-0.2, -0.15) is 0 Å². The minimum Gasteiger partial charge on any atom is -0.325 e. The van der Waals surface area contributed by atoms with Crippen LogP contribution in [0.1, 0.15) is 30.9 Å². The zero-order chi connectivity index (χ0) is 15.9. The van der Waals surface area contributed by atoms with Crippen molar-refractivity contribution in [3.63, 3.8) is 0 Å². The molecule has 0 bridgehead atoms. The van der Waals surface area contributed by atoms with Crippen LogP contribution in [0.4, 0.5) is 5.69 Å². The Labute approximate surface area is 134 Å². The fourth-order valence-corrected chi connectivity index (χ4v) is 2.96. The Morgan fingerprint density at radius 3 is 2.68 bits per heavy atom. The van der Waals surface area contributed by atoms with Crippen LogP contribution in [0, 0.1) is 19.8 Å². The molecule has 0 aliphatic carbocycles. The average molecular weight is 303 g/mol. The maximum Gasteiger partial charge on any atom is 0.238 e. The second kappa shape index (κ2) is 8.30. The summed E-state index contributed by atoms with van der Waals surface area (Å²) >= 11 is 0. The van der Waals surface area contributed by atoms with E-state index in [0.717, 1.165) is 43.3 Å². The first-order valence-corrected chi connectivity index (χ1v) is 8.38. The third kappa shape index (κ3) is 5.11. The van der Waals surface area contributed by atoms with E-state index in [-0.39, 0.29) is 5.91 Å². The summed E-state index contributed by atoms with van der Waals surface area (Å²) in [5.74, 6) is 0.858. The van der Waals surface area contributed by atoms with Crippen LogP contribution < -0.4 is 10.6 Å². The van der Waals surface area contributed by atoms with E-state index in [1.165, 1.54) is 18.4 Å². The van der Waals surface area contributed by atoms with Gasteiger partial charge in [-0.05, 0) is 76.0 Å². The molecule has 0 spiro atoms. The fraction of sp³-hybridized carbons (Fsp3) is 0.611. The molecule has 22 heavy (non-hydrogen) atoms. The first-order valence-electron chi connectivity index (χ1n) is 8.38. The second-order valence-corrected chi connectivity index (χ2v) is 6.39. The number of likely N-dealkylation sites (tertiary alicyclic amines) is 1. The van der Waals surface area contributed by atoms with Crippen LogP contribution in [0.15, 0.2) is 18.2 Å². The molecule has 0 unspecified atom stereocenters. The highest BCUT2D eigenvalue weighted by molar-refractivity contribution is 5.93. The lowest BCUT2D eigenvalue weighted by Gasteiger charge is -2.31. The van der Waals surface area contributed by atoms with E-state index in [1.807, 2.05) is 19.9 Å². The van der Waals surface area contributed by atoms with Crippen LogP contribution in [0.25, 0.3) is 0 Å². The van der Waals surface area contributed by atoms with Crippen molar-refractivity contribution in [1.82, 2.24) is 10.2 Å². The van der Waals surface area contributed by atoms with Crippen molar-refractivity contribution in [3.8, 4) is 0 Å². The Morgan fingerprint density at radius 2 is 2.00 bits per heavy atom. The van der Waals surface area contributed by atoms with Crippen LogP contribution in [-0.4, -0.2) is 43.5 Å². The zero-order valence-corrected chi connectivity index (χ0v) is 14.1. The van der Waals surface area contributed by atoms with Gasteiger partial charge in [0.2, 0.25) is 5.91 Å². The van der Waals surface area contributed by atoms with Crippen molar-refractivity contribution >= 4 is 11.6 Å². The molecule has 0 atom stereocenters. The minimum atomic E-state index is 0.0961. The first kappa shape index (κ1) is 17.0. The van der Waals surface area contributed by atoms with Crippen LogP contribution in [0.2, 0.25) is 0 Å². The van der Waals surface area contributed by atoms with Gasteiger partial charge in [-0.1, -0.05) is 19.1 Å². The highest BCUT2D eigenvalue weighted by Gasteiger charge is 2.20. The Bertz CT molecular complexity index is 493. The van der Waals surface area contributed by atoms with E-state index in [9.17, 15) is 4.79 Å². The number of piperidine rings is 1. The summed E-state index contributed by atoms with van der Waals surface area (Å²) in [5.41, 5.74) is 3.22. The molecular weight excluding hydrogens is 274 g/mol.